The van der Waals surface area contributed by atoms with Gasteiger partial charge in [-0.2, -0.15) is 5.10 Å². The van der Waals surface area contributed by atoms with E-state index in [1.165, 1.54) is 5.56 Å². The topological polar surface area (TPSA) is 50.2 Å². The van der Waals surface area contributed by atoms with E-state index >= 15 is 0 Å². The number of carbonyl (C=O) groups is 1. The molecule has 1 saturated carbocycles. The highest BCUT2D eigenvalue weighted by Crippen LogP contribution is 2.64. The molecule has 1 aromatic carbocycles. The molecule has 3 rings (SSSR count). The summed E-state index contributed by atoms with van der Waals surface area (Å²) in [5.74, 6) is 0.568. The van der Waals surface area contributed by atoms with Gasteiger partial charge in [-0.05, 0) is 24.4 Å². The molecule has 2 aromatic rings. The lowest BCUT2D eigenvalue weighted by atomic mass is 9.87. The quantitative estimate of drug-likeness (QED) is 0.888. The Morgan fingerprint density at radius 2 is 1.96 bits per heavy atom. The van der Waals surface area contributed by atoms with Crippen LogP contribution in [0, 0.1) is 5.41 Å². The Morgan fingerprint density at radius 1 is 1.29 bits per heavy atom. The maximum atomic E-state index is 12.2. The Kier molecular flexibility index (Phi) is 4.22. The van der Waals surface area contributed by atoms with Gasteiger partial charge in [0, 0.05) is 31.3 Å². The van der Waals surface area contributed by atoms with Crippen molar-refractivity contribution in [3.8, 4) is 0 Å². The molecule has 0 radical (unpaired) electrons. The third kappa shape index (κ3) is 3.22. The van der Waals surface area contributed by atoms with Gasteiger partial charge in [-0.15, -0.1) is 0 Å². The number of anilines is 1. The van der Waals surface area contributed by atoms with E-state index in [-0.39, 0.29) is 16.7 Å². The highest BCUT2D eigenvalue weighted by atomic mass is 16.2. The van der Waals surface area contributed by atoms with Gasteiger partial charge < -0.3 is 5.32 Å². The summed E-state index contributed by atoms with van der Waals surface area (Å²) in [6.45, 7) is 5.85. The summed E-state index contributed by atoms with van der Waals surface area (Å²) in [6, 6.07) is 12.5. The van der Waals surface area contributed by atoms with E-state index < -0.39 is 0 Å². The van der Waals surface area contributed by atoms with Crippen molar-refractivity contribution >= 4 is 11.7 Å². The summed E-state index contributed by atoms with van der Waals surface area (Å²) in [5, 5.41) is 7.03. The number of aromatic nitrogens is 2. The molecule has 1 fully saturated rings. The first-order chi connectivity index (χ1) is 11.3. The fourth-order valence-electron chi connectivity index (χ4n) is 3.75. The van der Waals surface area contributed by atoms with Crippen LogP contribution in [0.25, 0.3) is 0 Å². The average Bonchev–Trinajstić information content (AvgIpc) is 2.84. The molecule has 1 amide bonds. The zero-order valence-electron chi connectivity index (χ0n) is 14.9. The van der Waals surface area contributed by atoms with Crippen LogP contribution in [0.3, 0.4) is 0 Å². The van der Waals surface area contributed by atoms with Crippen molar-refractivity contribution in [1.82, 2.24) is 14.7 Å². The zero-order valence-corrected chi connectivity index (χ0v) is 14.9. The predicted molar refractivity (Wildman–Crippen MR) is 95.9 cm³/mol. The first kappa shape index (κ1) is 16.7. The number of nitrogens with zero attached hydrogens (tertiary/aromatic N) is 3. The van der Waals surface area contributed by atoms with Crippen molar-refractivity contribution < 1.29 is 4.79 Å². The van der Waals surface area contributed by atoms with E-state index in [0.29, 0.717) is 12.4 Å². The third-order valence-corrected chi connectivity index (χ3v) is 5.18. The summed E-state index contributed by atoms with van der Waals surface area (Å²) in [5.41, 5.74) is 1.76. The molecule has 1 aliphatic carbocycles. The monoisotopic (exact) mass is 326 g/mol. The van der Waals surface area contributed by atoms with Crippen molar-refractivity contribution in [3.63, 3.8) is 0 Å². The molecule has 24 heavy (non-hydrogen) atoms. The van der Waals surface area contributed by atoms with E-state index in [9.17, 15) is 4.79 Å². The maximum absolute atomic E-state index is 12.2. The van der Waals surface area contributed by atoms with E-state index in [4.69, 9.17) is 0 Å². The van der Waals surface area contributed by atoms with Gasteiger partial charge in [0.1, 0.15) is 0 Å². The van der Waals surface area contributed by atoms with Gasteiger partial charge in [-0.1, -0.05) is 44.2 Å². The van der Waals surface area contributed by atoms with Gasteiger partial charge in [-0.3, -0.25) is 14.4 Å². The lowest BCUT2D eigenvalue weighted by Gasteiger charge is -2.27. The van der Waals surface area contributed by atoms with Gasteiger partial charge >= 0.3 is 0 Å². The molecule has 128 valence electrons. The number of rotatable bonds is 6. The number of hydrogen-bond donors (Lipinski definition) is 1. The highest BCUT2D eigenvalue weighted by Gasteiger charge is 2.61. The standard InChI is InChI=1S/C19H26N4O/c1-18(2)13-19(18,15-8-6-5-7-9-15)14-22(3)12-17(24)20-16-10-11-23(4)21-16/h5-11H,12-14H2,1-4H3,(H,20,21,24). The zero-order chi connectivity index (χ0) is 17.4. The Balaban J connectivity index is 1.63. The number of hydrogen-bond acceptors (Lipinski definition) is 3. The van der Waals surface area contributed by atoms with E-state index in [2.05, 4.69) is 59.5 Å². The van der Waals surface area contributed by atoms with E-state index in [0.717, 1.165) is 13.0 Å². The maximum Gasteiger partial charge on any atom is 0.239 e. The molecule has 1 unspecified atom stereocenters. The van der Waals surface area contributed by atoms with Crippen molar-refractivity contribution in [3.05, 3.63) is 48.2 Å². The SMILES string of the molecule is CN(CC(=O)Nc1ccn(C)n1)CC1(c2ccccc2)CC1(C)C. The molecule has 1 heterocycles. The summed E-state index contributed by atoms with van der Waals surface area (Å²) in [6.07, 6.45) is 2.96. The number of likely N-dealkylation sites (N-methyl/N-ethyl adjacent to an activating group) is 1. The summed E-state index contributed by atoms with van der Waals surface area (Å²) in [4.78, 5) is 14.3. The Hall–Kier alpha value is -2.14. The number of aryl methyl sites for hydroxylation is 1. The fourth-order valence-corrected chi connectivity index (χ4v) is 3.75. The number of carbonyl (C=O) groups excluding carboxylic acids is 1. The summed E-state index contributed by atoms with van der Waals surface area (Å²) in [7, 11) is 3.84. The van der Waals surface area contributed by atoms with Crippen LogP contribution < -0.4 is 5.32 Å². The molecule has 0 spiro atoms. The number of benzene rings is 1. The van der Waals surface area contributed by atoms with Crippen molar-refractivity contribution in [2.45, 2.75) is 25.7 Å². The Morgan fingerprint density at radius 3 is 2.50 bits per heavy atom. The van der Waals surface area contributed by atoms with E-state index in [1.54, 1.807) is 10.7 Å². The Bertz CT molecular complexity index is 722. The summed E-state index contributed by atoms with van der Waals surface area (Å²) < 4.78 is 1.68. The van der Waals surface area contributed by atoms with E-state index in [1.807, 2.05) is 20.3 Å². The molecule has 1 atom stereocenters. The summed E-state index contributed by atoms with van der Waals surface area (Å²) >= 11 is 0. The molecule has 0 saturated heterocycles. The largest absolute Gasteiger partial charge is 0.308 e. The first-order valence-corrected chi connectivity index (χ1v) is 8.36. The van der Waals surface area contributed by atoms with Crippen molar-refractivity contribution in [2.24, 2.45) is 12.5 Å². The molecular formula is C19H26N4O. The van der Waals surface area contributed by atoms with Crippen LogP contribution in [0.1, 0.15) is 25.8 Å². The molecular weight excluding hydrogens is 300 g/mol. The first-order valence-electron chi connectivity index (χ1n) is 8.36. The average molecular weight is 326 g/mol. The van der Waals surface area contributed by atoms with Crippen molar-refractivity contribution in [1.29, 1.82) is 0 Å². The minimum absolute atomic E-state index is 0.0298. The highest BCUT2D eigenvalue weighted by molar-refractivity contribution is 5.91. The Labute approximate surface area is 143 Å². The molecule has 5 heteroatoms. The number of nitrogens with one attached hydrogen (secondary N) is 1. The second-order valence-electron chi connectivity index (χ2n) is 7.60. The van der Waals surface area contributed by atoms with Crippen LogP contribution in [-0.2, 0) is 17.3 Å². The minimum atomic E-state index is -0.0298. The molecule has 1 aliphatic rings. The number of amides is 1. The molecule has 0 aliphatic heterocycles. The molecule has 1 N–H and O–H groups in total. The van der Waals surface area contributed by atoms with Gasteiger partial charge in [-0.25, -0.2) is 0 Å². The third-order valence-electron chi connectivity index (χ3n) is 5.18. The van der Waals surface area contributed by atoms with Crippen LogP contribution in [0.2, 0.25) is 0 Å². The van der Waals surface area contributed by atoms with Gasteiger partial charge in [0.2, 0.25) is 5.91 Å². The van der Waals surface area contributed by atoms with Crippen LogP contribution >= 0.6 is 0 Å². The second kappa shape index (κ2) is 6.06. The van der Waals surface area contributed by atoms with Gasteiger partial charge in [0.25, 0.3) is 0 Å². The molecule has 1 aromatic heterocycles. The minimum Gasteiger partial charge on any atom is -0.308 e. The van der Waals surface area contributed by atoms with Gasteiger partial charge in [0.15, 0.2) is 5.82 Å². The predicted octanol–water partition coefficient (Wildman–Crippen LogP) is 2.66. The van der Waals surface area contributed by atoms with Crippen LogP contribution in [0.5, 0.6) is 0 Å². The van der Waals surface area contributed by atoms with Crippen LogP contribution in [0.15, 0.2) is 42.6 Å². The normalized spacial score (nSPS) is 21.7. The molecule has 0 bridgehead atoms. The smallest absolute Gasteiger partial charge is 0.239 e. The fraction of sp³-hybridized carbons (Fsp3) is 0.474. The van der Waals surface area contributed by atoms with Crippen LogP contribution in [-0.4, -0.2) is 40.7 Å². The van der Waals surface area contributed by atoms with Gasteiger partial charge in [0.05, 0.1) is 6.54 Å². The van der Waals surface area contributed by atoms with Crippen molar-refractivity contribution in [2.75, 3.05) is 25.5 Å². The lowest BCUT2D eigenvalue weighted by Crippen LogP contribution is -2.37. The second-order valence-corrected chi connectivity index (χ2v) is 7.60. The lowest BCUT2D eigenvalue weighted by molar-refractivity contribution is -0.117. The van der Waals surface area contributed by atoms with Crippen LogP contribution in [0.4, 0.5) is 5.82 Å². The molecule has 5 nitrogen and oxygen atoms in total.